The van der Waals surface area contributed by atoms with Crippen molar-refractivity contribution < 1.29 is 0 Å². The van der Waals surface area contributed by atoms with Gasteiger partial charge in [0, 0.05) is 17.3 Å². The highest BCUT2D eigenvalue weighted by Gasteiger charge is 2.51. The fourth-order valence-electron chi connectivity index (χ4n) is 9.31. The van der Waals surface area contributed by atoms with Crippen molar-refractivity contribution in [2.45, 2.75) is 5.41 Å². The van der Waals surface area contributed by atoms with Crippen molar-refractivity contribution in [3.05, 3.63) is 210 Å². The molecule has 0 radical (unpaired) electrons. The summed E-state index contributed by atoms with van der Waals surface area (Å²) in [6, 6.07) is 66.8. The molecule has 0 amide bonds. The molecule has 0 fully saturated rings. The minimum absolute atomic E-state index is 0.326. The Morgan fingerprint density at radius 1 is 0.314 bits per heavy atom. The highest BCUT2D eigenvalue weighted by molar-refractivity contribution is 6.21. The summed E-state index contributed by atoms with van der Waals surface area (Å²) in [4.78, 5) is 5.20. The van der Waals surface area contributed by atoms with E-state index in [1.165, 1.54) is 88.3 Å². The number of rotatable bonds is 3. The average molecular weight is 646 g/mol. The lowest BCUT2D eigenvalue weighted by Crippen LogP contribution is -2.25. The molecule has 0 bridgehead atoms. The van der Waals surface area contributed by atoms with Crippen LogP contribution in [0, 0.1) is 0 Å². The summed E-state index contributed by atoms with van der Waals surface area (Å²) in [5.74, 6) is 0. The van der Waals surface area contributed by atoms with E-state index >= 15 is 0 Å². The molecule has 0 atom stereocenters. The quantitative estimate of drug-likeness (QED) is 0.174. The van der Waals surface area contributed by atoms with Crippen LogP contribution in [0.2, 0.25) is 0 Å². The maximum atomic E-state index is 5.20. The summed E-state index contributed by atoms with van der Waals surface area (Å²) in [6.07, 6.45) is 2.06. The minimum atomic E-state index is -0.326. The maximum Gasteiger partial charge on any atom is 0.0725 e. The van der Waals surface area contributed by atoms with Crippen LogP contribution in [0.5, 0.6) is 0 Å². The first-order valence-corrected chi connectivity index (χ1v) is 17.7. The third-order valence-electron chi connectivity index (χ3n) is 11.3. The Bertz CT molecular complexity index is 2740. The van der Waals surface area contributed by atoms with Crippen LogP contribution in [0.4, 0.5) is 0 Å². The van der Waals surface area contributed by atoms with E-state index in [0.29, 0.717) is 0 Å². The summed E-state index contributed by atoms with van der Waals surface area (Å²) in [7, 11) is 0. The van der Waals surface area contributed by atoms with Gasteiger partial charge in [0.05, 0.1) is 11.1 Å². The number of aromatic nitrogens is 1. The van der Waals surface area contributed by atoms with Gasteiger partial charge in [0.1, 0.15) is 0 Å². The standard InChI is InChI=1S/C50H31N/c1-2-14-32(15-3-1)48-38-19-4-6-21-40(38)49(41-22-7-5-20-39(41)48)47-29-27-34(31-51-47)33-26-28-46-42(30-33)37-18-10-13-25-45(37)50(46)43-23-11-8-16-35(43)36-17-9-12-24-44(36)50/h1-31H. The molecule has 1 aromatic heterocycles. The average Bonchev–Trinajstić information content (AvgIpc) is 3.67. The molecular weight excluding hydrogens is 615 g/mol. The molecule has 51 heavy (non-hydrogen) atoms. The van der Waals surface area contributed by atoms with E-state index in [4.69, 9.17) is 4.98 Å². The van der Waals surface area contributed by atoms with Crippen LogP contribution in [0.1, 0.15) is 22.3 Å². The van der Waals surface area contributed by atoms with Gasteiger partial charge in [0.15, 0.2) is 0 Å². The first-order chi connectivity index (χ1) is 25.3. The van der Waals surface area contributed by atoms with E-state index < -0.39 is 0 Å². The normalized spacial score (nSPS) is 13.3. The molecule has 11 rings (SSSR count). The topological polar surface area (TPSA) is 12.9 Å². The molecule has 0 unspecified atom stereocenters. The molecule has 1 spiro atoms. The van der Waals surface area contributed by atoms with Crippen LogP contribution in [0.25, 0.3) is 77.3 Å². The van der Waals surface area contributed by atoms with Crippen molar-refractivity contribution >= 4 is 21.5 Å². The molecule has 0 N–H and O–H groups in total. The monoisotopic (exact) mass is 645 g/mol. The SMILES string of the molecule is c1ccc(-c2c3ccccc3c(-c3ccc(-c4ccc5c(c4)-c4ccccc4C54c5ccccc5-c5ccccc54)cn3)c3ccccc23)cc1. The predicted molar refractivity (Wildman–Crippen MR) is 212 cm³/mol. The highest BCUT2D eigenvalue weighted by Crippen LogP contribution is 2.63. The largest absolute Gasteiger partial charge is 0.256 e. The molecule has 2 aliphatic carbocycles. The number of nitrogens with zero attached hydrogens (tertiary/aromatic N) is 1. The molecule has 1 heteroatoms. The van der Waals surface area contributed by atoms with E-state index in [2.05, 4.69) is 188 Å². The van der Waals surface area contributed by atoms with Gasteiger partial charge in [-0.1, -0.05) is 170 Å². The summed E-state index contributed by atoms with van der Waals surface area (Å²) >= 11 is 0. The second-order valence-corrected chi connectivity index (χ2v) is 13.8. The van der Waals surface area contributed by atoms with Crippen LogP contribution >= 0.6 is 0 Å². The van der Waals surface area contributed by atoms with Crippen LogP contribution in [-0.4, -0.2) is 4.98 Å². The number of pyridine rings is 1. The van der Waals surface area contributed by atoms with Gasteiger partial charge >= 0.3 is 0 Å². The first kappa shape index (κ1) is 28.3. The van der Waals surface area contributed by atoms with Crippen LogP contribution < -0.4 is 0 Å². The second kappa shape index (κ2) is 10.7. The first-order valence-electron chi connectivity index (χ1n) is 17.7. The van der Waals surface area contributed by atoms with Crippen LogP contribution in [0.15, 0.2) is 188 Å². The van der Waals surface area contributed by atoms with Gasteiger partial charge in [-0.25, -0.2) is 0 Å². The predicted octanol–water partition coefficient (Wildman–Crippen LogP) is 12.7. The van der Waals surface area contributed by atoms with Crippen molar-refractivity contribution in [1.29, 1.82) is 0 Å². The molecule has 0 saturated carbocycles. The molecule has 0 aliphatic heterocycles. The van der Waals surface area contributed by atoms with Gasteiger partial charge < -0.3 is 0 Å². The zero-order valence-electron chi connectivity index (χ0n) is 27.8. The Morgan fingerprint density at radius 2 is 0.765 bits per heavy atom. The summed E-state index contributed by atoms with van der Waals surface area (Å²) in [5, 5.41) is 4.91. The van der Waals surface area contributed by atoms with Gasteiger partial charge in [0.25, 0.3) is 0 Å². The highest BCUT2D eigenvalue weighted by atomic mass is 14.7. The summed E-state index contributed by atoms with van der Waals surface area (Å²) < 4.78 is 0. The molecule has 236 valence electrons. The van der Waals surface area contributed by atoms with E-state index in [1.54, 1.807) is 0 Å². The Hall–Kier alpha value is -6.57. The Labute approximate surface area is 297 Å². The van der Waals surface area contributed by atoms with Crippen LogP contribution in [0.3, 0.4) is 0 Å². The van der Waals surface area contributed by atoms with Crippen LogP contribution in [-0.2, 0) is 5.41 Å². The molecule has 1 heterocycles. The van der Waals surface area contributed by atoms with Crippen molar-refractivity contribution in [3.8, 4) is 55.8 Å². The molecular formula is C50H31N. The molecule has 8 aromatic carbocycles. The summed E-state index contributed by atoms with van der Waals surface area (Å²) in [5.41, 5.74) is 17.3. The molecule has 2 aliphatic rings. The van der Waals surface area contributed by atoms with Gasteiger partial charge in [-0.05, 0) is 94.9 Å². The number of hydrogen-bond acceptors (Lipinski definition) is 1. The molecule has 1 nitrogen and oxygen atoms in total. The number of hydrogen-bond donors (Lipinski definition) is 0. The third kappa shape index (κ3) is 3.83. The van der Waals surface area contributed by atoms with E-state index in [0.717, 1.165) is 11.3 Å². The van der Waals surface area contributed by atoms with Gasteiger partial charge in [0.2, 0.25) is 0 Å². The number of benzene rings is 8. The van der Waals surface area contributed by atoms with Gasteiger partial charge in [-0.2, -0.15) is 0 Å². The van der Waals surface area contributed by atoms with E-state index in [9.17, 15) is 0 Å². The van der Waals surface area contributed by atoms with Crippen molar-refractivity contribution in [3.63, 3.8) is 0 Å². The van der Waals surface area contributed by atoms with Gasteiger partial charge in [-0.3, -0.25) is 4.98 Å². The lowest BCUT2D eigenvalue weighted by atomic mass is 9.70. The van der Waals surface area contributed by atoms with Crippen molar-refractivity contribution in [2.75, 3.05) is 0 Å². The Morgan fingerprint density at radius 3 is 1.31 bits per heavy atom. The Balaban J connectivity index is 1.07. The minimum Gasteiger partial charge on any atom is -0.256 e. The zero-order chi connectivity index (χ0) is 33.5. The van der Waals surface area contributed by atoms with Crippen molar-refractivity contribution in [1.82, 2.24) is 4.98 Å². The smallest absolute Gasteiger partial charge is 0.0725 e. The van der Waals surface area contributed by atoms with E-state index in [1.807, 2.05) is 0 Å². The second-order valence-electron chi connectivity index (χ2n) is 13.8. The number of fused-ring (bicyclic) bond motifs is 12. The van der Waals surface area contributed by atoms with E-state index in [-0.39, 0.29) is 5.41 Å². The zero-order valence-corrected chi connectivity index (χ0v) is 27.8. The van der Waals surface area contributed by atoms with Gasteiger partial charge in [-0.15, -0.1) is 0 Å². The fraction of sp³-hybridized carbons (Fsp3) is 0.0200. The van der Waals surface area contributed by atoms with Crippen molar-refractivity contribution in [2.24, 2.45) is 0 Å². The lowest BCUT2D eigenvalue weighted by Gasteiger charge is -2.30. The Kier molecular flexibility index (Phi) is 5.94. The lowest BCUT2D eigenvalue weighted by molar-refractivity contribution is 0.794. The maximum absolute atomic E-state index is 5.20. The molecule has 0 saturated heterocycles. The fourth-order valence-corrected chi connectivity index (χ4v) is 9.31. The summed E-state index contributed by atoms with van der Waals surface area (Å²) in [6.45, 7) is 0. The molecule has 9 aromatic rings. The third-order valence-corrected chi connectivity index (χ3v) is 11.3.